The van der Waals surface area contributed by atoms with E-state index in [2.05, 4.69) is 20.6 Å². The second-order valence-electron chi connectivity index (χ2n) is 5.25. The molecule has 0 spiro atoms. The second-order valence-corrected chi connectivity index (χ2v) is 5.25. The average molecular weight is 337 g/mol. The van der Waals surface area contributed by atoms with Crippen LogP contribution in [0.1, 0.15) is 11.4 Å². The van der Waals surface area contributed by atoms with E-state index in [-0.39, 0.29) is 5.69 Å². The predicted octanol–water partition coefficient (Wildman–Crippen LogP) is 4.42. The van der Waals surface area contributed by atoms with Gasteiger partial charge in [0.1, 0.15) is 29.1 Å². The van der Waals surface area contributed by atoms with E-state index >= 15 is 0 Å². The monoisotopic (exact) mass is 337 g/mol. The minimum Gasteiger partial charge on any atom is -0.340 e. The first-order valence-electron chi connectivity index (χ1n) is 7.38. The van der Waals surface area contributed by atoms with Crippen molar-refractivity contribution in [2.45, 2.75) is 6.92 Å². The lowest BCUT2D eigenvalue weighted by molar-refractivity contribution is 0.586. The molecule has 0 radical (unpaired) electrons. The molecule has 1 aromatic heterocycles. The molecule has 1 heterocycles. The number of hydrogen-bond donors (Lipinski definition) is 2. The molecule has 0 bridgehead atoms. The maximum atomic E-state index is 13.8. The fraction of sp³-hybridized carbons (Fsp3) is 0.0556. The number of nitrogens with one attached hydrogen (secondary N) is 2. The molecule has 0 aliphatic heterocycles. The maximum absolute atomic E-state index is 13.8. The van der Waals surface area contributed by atoms with Crippen LogP contribution in [-0.2, 0) is 0 Å². The highest BCUT2D eigenvalue weighted by Crippen LogP contribution is 2.22. The van der Waals surface area contributed by atoms with Crippen LogP contribution in [0.15, 0.2) is 48.5 Å². The molecule has 2 N–H and O–H groups in total. The summed E-state index contributed by atoms with van der Waals surface area (Å²) in [7, 11) is 0. The van der Waals surface area contributed by atoms with Gasteiger partial charge in [-0.2, -0.15) is 5.26 Å². The molecule has 5 nitrogen and oxygen atoms in total. The highest BCUT2D eigenvalue weighted by molar-refractivity contribution is 5.63. The third-order valence-corrected chi connectivity index (χ3v) is 3.32. The molecular formula is C18H13F2N5. The van der Waals surface area contributed by atoms with Crippen molar-refractivity contribution in [2.24, 2.45) is 0 Å². The zero-order chi connectivity index (χ0) is 17.8. The molecule has 124 valence electrons. The van der Waals surface area contributed by atoms with Crippen molar-refractivity contribution in [3.05, 3.63) is 71.6 Å². The lowest BCUT2D eigenvalue weighted by Crippen LogP contribution is -2.02. The number of anilines is 4. The van der Waals surface area contributed by atoms with E-state index in [9.17, 15) is 8.78 Å². The molecule has 0 saturated heterocycles. The third kappa shape index (κ3) is 4.06. The lowest BCUT2D eigenvalue weighted by atomic mass is 10.2. The van der Waals surface area contributed by atoms with Gasteiger partial charge in [0, 0.05) is 17.8 Å². The first kappa shape index (κ1) is 16.3. The van der Waals surface area contributed by atoms with Gasteiger partial charge >= 0.3 is 0 Å². The zero-order valence-electron chi connectivity index (χ0n) is 13.2. The molecule has 2 aromatic carbocycles. The van der Waals surface area contributed by atoms with Gasteiger partial charge in [0.05, 0.1) is 17.3 Å². The number of rotatable bonds is 4. The molecule has 0 aliphatic rings. The van der Waals surface area contributed by atoms with Gasteiger partial charge in [-0.25, -0.2) is 18.7 Å². The molecule has 0 atom stereocenters. The zero-order valence-corrected chi connectivity index (χ0v) is 13.2. The van der Waals surface area contributed by atoms with Gasteiger partial charge in [0.25, 0.3) is 0 Å². The topological polar surface area (TPSA) is 73.6 Å². The van der Waals surface area contributed by atoms with E-state index in [0.717, 1.165) is 17.8 Å². The van der Waals surface area contributed by atoms with Crippen molar-refractivity contribution in [1.29, 1.82) is 5.26 Å². The largest absolute Gasteiger partial charge is 0.340 e. The van der Waals surface area contributed by atoms with Gasteiger partial charge in [-0.3, -0.25) is 0 Å². The van der Waals surface area contributed by atoms with Crippen LogP contribution >= 0.6 is 0 Å². The Hall–Kier alpha value is -3.53. The number of hydrogen-bond acceptors (Lipinski definition) is 5. The number of nitrogens with zero attached hydrogens (tertiary/aromatic N) is 3. The summed E-state index contributed by atoms with van der Waals surface area (Å²) in [6, 6.07) is 13.8. The van der Waals surface area contributed by atoms with Gasteiger partial charge in [0.15, 0.2) is 0 Å². The smallest absolute Gasteiger partial charge is 0.149 e. The molecular weight excluding hydrogens is 324 g/mol. The van der Waals surface area contributed by atoms with Crippen molar-refractivity contribution in [3.63, 3.8) is 0 Å². The molecule has 0 saturated carbocycles. The Morgan fingerprint density at radius 2 is 1.60 bits per heavy atom. The Kier molecular flexibility index (Phi) is 4.53. The molecule has 7 heteroatoms. The van der Waals surface area contributed by atoms with Crippen molar-refractivity contribution in [1.82, 2.24) is 9.97 Å². The Morgan fingerprint density at radius 3 is 2.24 bits per heavy atom. The van der Waals surface area contributed by atoms with E-state index in [0.29, 0.717) is 23.0 Å². The van der Waals surface area contributed by atoms with Crippen LogP contribution < -0.4 is 10.6 Å². The van der Waals surface area contributed by atoms with Crippen molar-refractivity contribution >= 4 is 23.0 Å². The molecule has 3 rings (SSSR count). The fourth-order valence-electron chi connectivity index (χ4n) is 2.20. The lowest BCUT2D eigenvalue weighted by Gasteiger charge is -2.11. The van der Waals surface area contributed by atoms with Crippen LogP contribution in [0, 0.1) is 29.9 Å². The molecule has 25 heavy (non-hydrogen) atoms. The second kappa shape index (κ2) is 6.93. The van der Waals surface area contributed by atoms with E-state index in [1.807, 2.05) is 6.07 Å². The minimum absolute atomic E-state index is 0.115. The third-order valence-electron chi connectivity index (χ3n) is 3.32. The van der Waals surface area contributed by atoms with Crippen molar-refractivity contribution in [3.8, 4) is 6.07 Å². The van der Waals surface area contributed by atoms with E-state index < -0.39 is 11.6 Å². The van der Waals surface area contributed by atoms with Crippen LogP contribution in [0.5, 0.6) is 0 Å². The van der Waals surface area contributed by atoms with Gasteiger partial charge in [-0.15, -0.1) is 0 Å². The van der Waals surface area contributed by atoms with E-state index in [1.165, 1.54) is 6.07 Å². The Balaban J connectivity index is 1.83. The number of nitriles is 1. The summed E-state index contributed by atoms with van der Waals surface area (Å²) >= 11 is 0. The Bertz CT molecular complexity index is 949. The Morgan fingerprint density at radius 1 is 0.920 bits per heavy atom. The molecule has 0 fully saturated rings. The first-order chi connectivity index (χ1) is 12.0. The van der Waals surface area contributed by atoms with Crippen molar-refractivity contribution in [2.75, 3.05) is 10.6 Å². The molecule has 3 aromatic rings. The van der Waals surface area contributed by atoms with Crippen LogP contribution in [-0.4, -0.2) is 9.97 Å². The normalized spacial score (nSPS) is 10.2. The summed E-state index contributed by atoms with van der Waals surface area (Å²) in [6.07, 6.45) is 0. The average Bonchev–Trinajstić information content (AvgIpc) is 2.58. The summed E-state index contributed by atoms with van der Waals surface area (Å²) in [5, 5.41) is 14.7. The van der Waals surface area contributed by atoms with Gasteiger partial charge in [-0.1, -0.05) is 0 Å². The first-order valence-corrected chi connectivity index (χ1v) is 7.38. The SMILES string of the molecule is Cc1nc(Nc2ccc(C#N)cc2)cc(Nc2ccc(F)cc2F)n1. The minimum atomic E-state index is -0.710. The van der Waals surface area contributed by atoms with Crippen LogP contribution in [0.2, 0.25) is 0 Å². The predicted molar refractivity (Wildman–Crippen MR) is 90.8 cm³/mol. The van der Waals surface area contributed by atoms with Crippen LogP contribution in [0.3, 0.4) is 0 Å². The summed E-state index contributed by atoms with van der Waals surface area (Å²) in [5.41, 5.74) is 1.42. The maximum Gasteiger partial charge on any atom is 0.149 e. The van der Waals surface area contributed by atoms with Gasteiger partial charge < -0.3 is 10.6 Å². The standard InChI is InChI=1S/C18H13F2N5/c1-11-22-17(24-14-5-2-12(10-21)3-6-14)9-18(23-11)25-16-7-4-13(19)8-15(16)20/h2-9H,1H3,(H2,22,23,24,25). The highest BCUT2D eigenvalue weighted by Gasteiger charge is 2.07. The quantitative estimate of drug-likeness (QED) is 0.737. The summed E-state index contributed by atoms with van der Waals surface area (Å²) < 4.78 is 26.8. The molecule has 0 amide bonds. The summed E-state index contributed by atoms with van der Waals surface area (Å²) in [4.78, 5) is 8.46. The van der Waals surface area contributed by atoms with Crippen LogP contribution in [0.4, 0.5) is 31.8 Å². The fourth-order valence-corrected chi connectivity index (χ4v) is 2.20. The molecule has 0 aliphatic carbocycles. The highest BCUT2D eigenvalue weighted by atomic mass is 19.1. The van der Waals surface area contributed by atoms with Crippen LogP contribution in [0.25, 0.3) is 0 Å². The molecule has 0 unspecified atom stereocenters. The number of benzene rings is 2. The number of aromatic nitrogens is 2. The van der Waals surface area contributed by atoms with Gasteiger partial charge in [0.2, 0.25) is 0 Å². The number of halogens is 2. The summed E-state index contributed by atoms with van der Waals surface area (Å²) in [5.74, 6) is -0.0111. The van der Waals surface area contributed by atoms with Gasteiger partial charge in [-0.05, 0) is 43.3 Å². The van der Waals surface area contributed by atoms with Crippen molar-refractivity contribution < 1.29 is 8.78 Å². The number of aryl methyl sites for hydroxylation is 1. The van der Waals surface area contributed by atoms with E-state index in [4.69, 9.17) is 5.26 Å². The Labute approximate surface area is 143 Å². The van der Waals surface area contributed by atoms with E-state index in [1.54, 1.807) is 37.3 Å². The summed E-state index contributed by atoms with van der Waals surface area (Å²) in [6.45, 7) is 1.70.